The third kappa shape index (κ3) is 5.53. The number of nitrogens with one attached hydrogen (secondary N) is 1. The van der Waals surface area contributed by atoms with Gasteiger partial charge in [0.25, 0.3) is 0 Å². The average molecular weight is 346 g/mol. The van der Waals surface area contributed by atoms with Crippen molar-refractivity contribution in [2.75, 3.05) is 25.9 Å². The van der Waals surface area contributed by atoms with Gasteiger partial charge in [-0.05, 0) is 24.1 Å². The Morgan fingerprint density at radius 1 is 1.18 bits per heavy atom. The second-order valence-electron chi connectivity index (χ2n) is 4.80. The number of sulfonamides is 2. The Labute approximate surface area is 132 Å². The van der Waals surface area contributed by atoms with Crippen molar-refractivity contribution in [2.45, 2.75) is 18.2 Å². The Bertz CT molecular complexity index is 695. The van der Waals surface area contributed by atoms with Crippen LogP contribution in [-0.4, -0.2) is 47.0 Å². The van der Waals surface area contributed by atoms with Gasteiger partial charge in [-0.3, -0.25) is 0 Å². The largest absolute Gasteiger partial charge is 0.240 e. The van der Waals surface area contributed by atoms with Crippen LogP contribution in [-0.2, 0) is 26.5 Å². The van der Waals surface area contributed by atoms with Crippen molar-refractivity contribution < 1.29 is 16.8 Å². The number of rotatable bonds is 9. The molecule has 0 aliphatic carbocycles. The summed E-state index contributed by atoms with van der Waals surface area (Å²) in [6.45, 7) is 5.67. The molecule has 0 aromatic heterocycles. The first-order valence-electron chi connectivity index (χ1n) is 6.85. The maximum absolute atomic E-state index is 12.1. The van der Waals surface area contributed by atoms with Crippen LogP contribution in [0.2, 0.25) is 0 Å². The minimum absolute atomic E-state index is 0.00122. The van der Waals surface area contributed by atoms with E-state index in [4.69, 9.17) is 0 Å². The molecule has 0 unspecified atom stereocenters. The van der Waals surface area contributed by atoms with Crippen LogP contribution >= 0.6 is 0 Å². The summed E-state index contributed by atoms with van der Waals surface area (Å²) < 4.78 is 50.8. The van der Waals surface area contributed by atoms with Gasteiger partial charge in [0.2, 0.25) is 20.0 Å². The maximum Gasteiger partial charge on any atom is 0.240 e. The monoisotopic (exact) mass is 346 g/mol. The lowest BCUT2D eigenvalue weighted by Gasteiger charge is -2.18. The Morgan fingerprint density at radius 2 is 1.77 bits per heavy atom. The van der Waals surface area contributed by atoms with Gasteiger partial charge in [0.1, 0.15) is 0 Å². The zero-order valence-corrected chi connectivity index (χ0v) is 14.5. The van der Waals surface area contributed by atoms with E-state index in [0.717, 1.165) is 22.5 Å². The smallest absolute Gasteiger partial charge is 0.212 e. The van der Waals surface area contributed by atoms with Crippen molar-refractivity contribution in [1.82, 2.24) is 9.03 Å². The fourth-order valence-electron chi connectivity index (χ4n) is 1.83. The first-order chi connectivity index (χ1) is 10.2. The lowest BCUT2D eigenvalue weighted by molar-refractivity contribution is 0.447. The van der Waals surface area contributed by atoms with E-state index < -0.39 is 20.0 Å². The van der Waals surface area contributed by atoms with Crippen LogP contribution in [0.25, 0.3) is 0 Å². The number of hydrogen-bond acceptors (Lipinski definition) is 4. The summed E-state index contributed by atoms with van der Waals surface area (Å²) in [7, 11) is -7.03. The van der Waals surface area contributed by atoms with Crippen LogP contribution in [0.15, 0.2) is 41.8 Å². The van der Waals surface area contributed by atoms with Crippen molar-refractivity contribution in [1.29, 1.82) is 0 Å². The molecule has 6 nitrogen and oxygen atoms in total. The Hall–Kier alpha value is -1.22. The molecular formula is C14H22N2O4S2. The van der Waals surface area contributed by atoms with Crippen molar-refractivity contribution in [3.63, 3.8) is 0 Å². The zero-order chi connectivity index (χ0) is 16.8. The molecule has 0 spiro atoms. The summed E-state index contributed by atoms with van der Waals surface area (Å²) in [4.78, 5) is 0.166. The molecule has 8 heteroatoms. The first kappa shape index (κ1) is 18.8. The summed E-state index contributed by atoms with van der Waals surface area (Å²) in [5.41, 5.74) is 1.05. The van der Waals surface area contributed by atoms with Crippen LogP contribution in [0, 0.1) is 0 Å². The second kappa shape index (κ2) is 7.87. The molecule has 1 aromatic carbocycles. The Kier molecular flexibility index (Phi) is 6.73. The highest BCUT2D eigenvalue weighted by molar-refractivity contribution is 7.89. The normalized spacial score (nSPS) is 12.5. The topological polar surface area (TPSA) is 83.6 Å². The highest BCUT2D eigenvalue weighted by Gasteiger charge is 2.17. The molecule has 0 aliphatic heterocycles. The first-order valence-corrected chi connectivity index (χ1v) is 10.2. The summed E-state index contributed by atoms with van der Waals surface area (Å²) >= 11 is 0. The van der Waals surface area contributed by atoms with E-state index in [2.05, 4.69) is 11.3 Å². The SMILES string of the molecule is C=CCN(CCNS(=O)(=O)c1ccc(CC)cc1)S(C)(=O)=O. The molecular weight excluding hydrogens is 324 g/mol. The van der Waals surface area contributed by atoms with Gasteiger partial charge in [-0.25, -0.2) is 21.6 Å². The van der Waals surface area contributed by atoms with E-state index in [0.29, 0.717) is 0 Å². The number of aryl methyl sites for hydroxylation is 1. The van der Waals surface area contributed by atoms with Crippen LogP contribution in [0.4, 0.5) is 0 Å². The molecule has 0 atom stereocenters. The van der Waals surface area contributed by atoms with Gasteiger partial charge in [-0.2, -0.15) is 4.31 Å². The summed E-state index contributed by atoms with van der Waals surface area (Å²) in [5, 5.41) is 0. The van der Waals surface area contributed by atoms with E-state index in [-0.39, 0.29) is 24.5 Å². The molecule has 1 rings (SSSR count). The van der Waals surface area contributed by atoms with Gasteiger partial charge in [-0.15, -0.1) is 6.58 Å². The maximum atomic E-state index is 12.1. The van der Waals surface area contributed by atoms with Gasteiger partial charge in [0, 0.05) is 19.6 Å². The van der Waals surface area contributed by atoms with Gasteiger partial charge in [0.05, 0.1) is 11.2 Å². The minimum Gasteiger partial charge on any atom is -0.212 e. The molecule has 0 bridgehead atoms. The number of benzene rings is 1. The van der Waals surface area contributed by atoms with Gasteiger partial charge in [-0.1, -0.05) is 25.1 Å². The molecule has 0 saturated carbocycles. The standard InChI is InChI=1S/C14H22N2O4S2/c1-4-11-16(21(3,17)18)12-10-15-22(19,20)14-8-6-13(5-2)7-9-14/h4,6-9,15H,1,5,10-12H2,2-3H3. The van der Waals surface area contributed by atoms with Gasteiger partial charge < -0.3 is 0 Å². The van der Waals surface area contributed by atoms with Crippen molar-refractivity contribution >= 4 is 20.0 Å². The number of nitrogens with zero attached hydrogens (tertiary/aromatic N) is 1. The molecule has 0 aliphatic rings. The second-order valence-corrected chi connectivity index (χ2v) is 8.55. The molecule has 0 heterocycles. The van der Waals surface area contributed by atoms with E-state index in [1.807, 2.05) is 6.92 Å². The lowest BCUT2D eigenvalue weighted by Crippen LogP contribution is -2.38. The summed E-state index contributed by atoms with van der Waals surface area (Å²) in [6.07, 6.45) is 3.37. The molecule has 1 N–H and O–H groups in total. The molecule has 0 saturated heterocycles. The Morgan fingerprint density at radius 3 is 2.23 bits per heavy atom. The van der Waals surface area contributed by atoms with E-state index in [9.17, 15) is 16.8 Å². The van der Waals surface area contributed by atoms with E-state index in [1.165, 1.54) is 6.08 Å². The van der Waals surface area contributed by atoms with Crippen molar-refractivity contribution in [2.24, 2.45) is 0 Å². The molecule has 1 aromatic rings. The fourth-order valence-corrected chi connectivity index (χ4v) is 3.65. The molecule has 0 fully saturated rings. The predicted octanol–water partition coefficient (Wildman–Crippen LogP) is 0.975. The fraction of sp³-hybridized carbons (Fsp3) is 0.429. The van der Waals surface area contributed by atoms with Crippen LogP contribution in [0.1, 0.15) is 12.5 Å². The van der Waals surface area contributed by atoms with Crippen LogP contribution in [0.5, 0.6) is 0 Å². The van der Waals surface area contributed by atoms with Gasteiger partial charge >= 0.3 is 0 Å². The minimum atomic E-state index is -3.64. The van der Waals surface area contributed by atoms with Crippen LogP contribution in [0.3, 0.4) is 0 Å². The highest BCUT2D eigenvalue weighted by Crippen LogP contribution is 2.10. The third-order valence-corrected chi connectivity index (χ3v) is 5.84. The van der Waals surface area contributed by atoms with Crippen molar-refractivity contribution in [3.05, 3.63) is 42.5 Å². The van der Waals surface area contributed by atoms with Gasteiger partial charge in [0.15, 0.2) is 0 Å². The summed E-state index contributed by atoms with van der Waals surface area (Å²) in [5.74, 6) is 0. The van der Waals surface area contributed by atoms with Crippen LogP contribution < -0.4 is 4.72 Å². The lowest BCUT2D eigenvalue weighted by atomic mass is 10.2. The molecule has 124 valence electrons. The average Bonchev–Trinajstić information content (AvgIpc) is 2.45. The number of hydrogen-bond donors (Lipinski definition) is 1. The molecule has 0 amide bonds. The highest BCUT2D eigenvalue weighted by atomic mass is 32.2. The van der Waals surface area contributed by atoms with E-state index >= 15 is 0 Å². The van der Waals surface area contributed by atoms with E-state index in [1.54, 1.807) is 24.3 Å². The molecule has 22 heavy (non-hydrogen) atoms. The quantitative estimate of drug-likeness (QED) is 0.676. The predicted molar refractivity (Wildman–Crippen MR) is 87.6 cm³/mol. The summed E-state index contributed by atoms with van der Waals surface area (Å²) in [6, 6.07) is 6.60. The van der Waals surface area contributed by atoms with Crippen molar-refractivity contribution in [3.8, 4) is 0 Å². The molecule has 0 radical (unpaired) electrons. The third-order valence-electron chi connectivity index (χ3n) is 3.10. The Balaban J connectivity index is 2.70. The zero-order valence-electron chi connectivity index (χ0n) is 12.8.